The van der Waals surface area contributed by atoms with Crippen molar-refractivity contribution < 1.29 is 29.4 Å². The molecule has 0 aliphatic heterocycles. The molecule has 0 spiro atoms. The number of hydrogen-bond acceptors (Lipinski definition) is 2. The summed E-state index contributed by atoms with van der Waals surface area (Å²) in [4.78, 5) is 13.7. The standard InChI is InChI=1S/C11H12N2O2.Zn/c12-9(11(14)15)5-7-6-13-10-4-2-1-3-8(7)10;/h1-4,6,9,13H,5,12H2,(H,14,15);/t9-;/m0./s1. The summed E-state index contributed by atoms with van der Waals surface area (Å²) in [5.74, 6) is -0.972. The quantitative estimate of drug-likeness (QED) is 0.731. The largest absolute Gasteiger partial charge is 0.480 e. The van der Waals surface area contributed by atoms with E-state index in [1.54, 1.807) is 0 Å². The zero-order valence-corrected chi connectivity index (χ0v) is 11.8. The summed E-state index contributed by atoms with van der Waals surface area (Å²) in [6.07, 6.45) is 2.16. The Morgan fingerprint density at radius 3 is 2.81 bits per heavy atom. The van der Waals surface area contributed by atoms with Gasteiger partial charge in [0.2, 0.25) is 0 Å². The van der Waals surface area contributed by atoms with Crippen LogP contribution in [0.15, 0.2) is 30.5 Å². The first kappa shape index (κ1) is 12.9. The van der Waals surface area contributed by atoms with Gasteiger partial charge in [-0.15, -0.1) is 0 Å². The molecule has 80 valence electrons. The van der Waals surface area contributed by atoms with Crippen molar-refractivity contribution in [2.24, 2.45) is 5.73 Å². The van der Waals surface area contributed by atoms with Crippen LogP contribution >= 0.6 is 0 Å². The Morgan fingerprint density at radius 2 is 2.12 bits per heavy atom. The third-order valence-electron chi connectivity index (χ3n) is 2.43. The molecule has 0 saturated carbocycles. The summed E-state index contributed by atoms with van der Waals surface area (Å²) in [7, 11) is 0. The van der Waals surface area contributed by atoms with Crippen LogP contribution < -0.4 is 5.73 Å². The van der Waals surface area contributed by atoms with E-state index < -0.39 is 12.0 Å². The normalized spacial score (nSPS) is 12.1. The van der Waals surface area contributed by atoms with Crippen molar-refractivity contribution in [2.75, 3.05) is 0 Å². The molecule has 5 heteroatoms. The summed E-state index contributed by atoms with van der Waals surface area (Å²) >= 11 is 0. The fourth-order valence-electron chi connectivity index (χ4n) is 1.62. The Morgan fingerprint density at radius 1 is 1.44 bits per heavy atom. The van der Waals surface area contributed by atoms with Gasteiger partial charge in [-0.05, 0) is 11.6 Å². The van der Waals surface area contributed by atoms with Gasteiger partial charge in [-0.2, -0.15) is 0 Å². The fraction of sp³-hybridized carbons (Fsp3) is 0.182. The van der Waals surface area contributed by atoms with E-state index in [0.717, 1.165) is 16.5 Å². The van der Waals surface area contributed by atoms with Gasteiger partial charge < -0.3 is 15.8 Å². The summed E-state index contributed by atoms with van der Waals surface area (Å²) in [5.41, 5.74) is 7.43. The summed E-state index contributed by atoms with van der Waals surface area (Å²) in [5, 5.41) is 9.75. The average Bonchev–Trinajstić information content (AvgIpc) is 2.62. The third-order valence-corrected chi connectivity index (χ3v) is 2.43. The van der Waals surface area contributed by atoms with Crippen LogP contribution in [0, 0.1) is 0 Å². The van der Waals surface area contributed by atoms with Crippen LogP contribution in [0.25, 0.3) is 10.9 Å². The number of nitrogens with two attached hydrogens (primary N) is 1. The van der Waals surface area contributed by atoms with Gasteiger partial charge in [-0.1, -0.05) is 18.2 Å². The molecule has 0 fully saturated rings. The van der Waals surface area contributed by atoms with E-state index >= 15 is 0 Å². The van der Waals surface area contributed by atoms with Crippen molar-refractivity contribution in [1.82, 2.24) is 4.98 Å². The van der Waals surface area contributed by atoms with Gasteiger partial charge in [0, 0.05) is 43.0 Å². The zero-order chi connectivity index (χ0) is 10.8. The number of H-pyrrole nitrogens is 1. The Labute approximate surface area is 106 Å². The molecule has 4 N–H and O–H groups in total. The number of fused-ring (bicyclic) bond motifs is 1. The second kappa shape index (κ2) is 5.24. The minimum absolute atomic E-state index is 0. The predicted molar refractivity (Wildman–Crippen MR) is 57.6 cm³/mol. The molecule has 0 radical (unpaired) electrons. The number of rotatable bonds is 3. The van der Waals surface area contributed by atoms with Gasteiger partial charge in [0.25, 0.3) is 0 Å². The Bertz CT molecular complexity index is 495. The van der Waals surface area contributed by atoms with Crippen molar-refractivity contribution in [3.63, 3.8) is 0 Å². The molecule has 2 rings (SSSR count). The first-order valence-corrected chi connectivity index (χ1v) is 4.72. The Hall–Kier alpha value is -1.19. The van der Waals surface area contributed by atoms with E-state index in [9.17, 15) is 4.79 Å². The van der Waals surface area contributed by atoms with Gasteiger partial charge in [0.1, 0.15) is 6.04 Å². The van der Waals surface area contributed by atoms with Crippen LogP contribution in [0.3, 0.4) is 0 Å². The number of hydrogen-bond donors (Lipinski definition) is 3. The maximum Gasteiger partial charge on any atom is 0.320 e. The number of aromatic nitrogens is 1. The van der Waals surface area contributed by atoms with Gasteiger partial charge >= 0.3 is 5.97 Å². The van der Waals surface area contributed by atoms with Crippen molar-refractivity contribution >= 4 is 16.9 Å². The van der Waals surface area contributed by atoms with E-state index in [4.69, 9.17) is 10.8 Å². The van der Waals surface area contributed by atoms with E-state index in [1.807, 2.05) is 30.5 Å². The molecular weight excluding hydrogens is 258 g/mol. The van der Waals surface area contributed by atoms with E-state index in [2.05, 4.69) is 4.98 Å². The molecule has 0 aliphatic carbocycles. The molecule has 1 aromatic carbocycles. The van der Waals surface area contributed by atoms with Crippen molar-refractivity contribution in [1.29, 1.82) is 0 Å². The summed E-state index contributed by atoms with van der Waals surface area (Å²) in [6.45, 7) is 0. The number of carboxylic acid groups (broad SMARTS) is 1. The third kappa shape index (κ3) is 2.49. The van der Waals surface area contributed by atoms with E-state index in [-0.39, 0.29) is 19.5 Å². The van der Waals surface area contributed by atoms with Crippen LogP contribution in [0.1, 0.15) is 5.56 Å². The predicted octanol–water partition coefficient (Wildman–Crippen LogP) is 1.12. The van der Waals surface area contributed by atoms with Gasteiger partial charge in [-0.25, -0.2) is 0 Å². The number of aromatic amines is 1. The smallest absolute Gasteiger partial charge is 0.320 e. The van der Waals surface area contributed by atoms with Crippen molar-refractivity contribution in [3.05, 3.63) is 36.0 Å². The summed E-state index contributed by atoms with van der Waals surface area (Å²) < 4.78 is 0. The van der Waals surface area contributed by atoms with Gasteiger partial charge in [0.05, 0.1) is 0 Å². The first-order chi connectivity index (χ1) is 7.18. The Balaban J connectivity index is 0.00000128. The molecule has 0 bridgehead atoms. The van der Waals surface area contributed by atoms with Crippen LogP contribution in [-0.2, 0) is 30.7 Å². The maximum atomic E-state index is 10.6. The molecule has 0 aliphatic rings. The topological polar surface area (TPSA) is 79.1 Å². The second-order valence-electron chi connectivity index (χ2n) is 3.51. The molecule has 1 atom stereocenters. The SMILES string of the molecule is N[C@@H](Cc1c[nH]c2ccccc12)C(=O)O.[Zn]. The van der Waals surface area contributed by atoms with Crippen molar-refractivity contribution in [2.45, 2.75) is 12.5 Å². The number of para-hydroxylation sites is 1. The molecule has 16 heavy (non-hydrogen) atoms. The summed E-state index contributed by atoms with van der Waals surface area (Å²) in [6, 6.07) is 6.91. The Kier molecular flexibility index (Phi) is 4.21. The zero-order valence-electron chi connectivity index (χ0n) is 8.81. The minimum Gasteiger partial charge on any atom is -0.480 e. The number of aliphatic carboxylic acids is 1. The molecule has 2 aromatic rings. The number of nitrogens with one attached hydrogen (secondary N) is 1. The molecule has 1 aromatic heterocycles. The second-order valence-corrected chi connectivity index (χ2v) is 3.51. The number of benzene rings is 1. The van der Waals surface area contributed by atoms with Crippen LogP contribution in [0.5, 0.6) is 0 Å². The van der Waals surface area contributed by atoms with Gasteiger partial charge in [0.15, 0.2) is 0 Å². The fourth-order valence-corrected chi connectivity index (χ4v) is 1.62. The van der Waals surface area contributed by atoms with Crippen LogP contribution in [-0.4, -0.2) is 22.1 Å². The minimum atomic E-state index is -0.972. The van der Waals surface area contributed by atoms with Gasteiger partial charge in [-0.3, -0.25) is 4.79 Å². The van der Waals surface area contributed by atoms with Crippen molar-refractivity contribution in [3.8, 4) is 0 Å². The first-order valence-electron chi connectivity index (χ1n) is 4.72. The maximum absolute atomic E-state index is 10.6. The molecule has 4 nitrogen and oxygen atoms in total. The average molecular weight is 270 g/mol. The molecule has 0 saturated heterocycles. The molecule has 0 unspecified atom stereocenters. The molecule has 1 heterocycles. The molecular formula is C11H12N2O2Zn. The van der Waals surface area contributed by atoms with Crippen LogP contribution in [0.4, 0.5) is 0 Å². The molecule has 0 amide bonds. The van der Waals surface area contributed by atoms with E-state index in [1.165, 1.54) is 0 Å². The van der Waals surface area contributed by atoms with E-state index in [0.29, 0.717) is 6.42 Å². The monoisotopic (exact) mass is 268 g/mol. The van der Waals surface area contributed by atoms with Crippen LogP contribution in [0.2, 0.25) is 0 Å². The number of carbonyl (C=O) groups is 1. The number of carboxylic acids is 1.